The molecule has 5 nitrogen and oxygen atoms in total. The molecule has 4 rings (SSSR count). The van der Waals surface area contributed by atoms with E-state index in [1.807, 2.05) is 42.6 Å². The third-order valence-electron chi connectivity index (χ3n) is 5.12. The van der Waals surface area contributed by atoms with Gasteiger partial charge in [-0.05, 0) is 61.7 Å². The third kappa shape index (κ3) is 2.88. The molecule has 1 aromatic carbocycles. The number of carbonyl (C=O) groups is 2. The Bertz CT molecular complexity index is 847. The number of hydrogen-bond acceptors (Lipinski definition) is 4. The minimum absolute atomic E-state index is 0.114. The van der Waals surface area contributed by atoms with Gasteiger partial charge in [-0.25, -0.2) is 4.79 Å². The van der Waals surface area contributed by atoms with Crippen LogP contribution in [0, 0.1) is 6.92 Å². The molecular weight excluding hydrogens is 348 g/mol. The lowest BCUT2D eigenvalue weighted by Crippen LogP contribution is -2.46. The number of fused-ring (bicyclic) bond motifs is 2. The molecule has 2 heterocycles. The van der Waals surface area contributed by atoms with E-state index in [1.54, 1.807) is 11.3 Å². The van der Waals surface area contributed by atoms with Gasteiger partial charge in [-0.2, -0.15) is 0 Å². The van der Waals surface area contributed by atoms with E-state index in [-0.39, 0.29) is 11.9 Å². The van der Waals surface area contributed by atoms with E-state index in [0.717, 1.165) is 29.7 Å². The summed E-state index contributed by atoms with van der Waals surface area (Å²) >= 11 is 1.67. The number of hydrogen-bond donors (Lipinski definition) is 1. The van der Waals surface area contributed by atoms with Crippen molar-refractivity contribution in [3.8, 4) is 5.75 Å². The number of amides is 3. The number of nitrogens with zero attached hydrogens (tertiary/aromatic N) is 1. The van der Waals surface area contributed by atoms with E-state index in [0.29, 0.717) is 26.0 Å². The van der Waals surface area contributed by atoms with Crippen molar-refractivity contribution in [2.24, 2.45) is 0 Å². The van der Waals surface area contributed by atoms with Crippen LogP contribution < -0.4 is 10.1 Å². The first-order chi connectivity index (χ1) is 12.6. The first kappa shape index (κ1) is 17.1. The molecule has 1 atom stereocenters. The van der Waals surface area contributed by atoms with Crippen LogP contribution in [0.25, 0.3) is 0 Å². The monoisotopic (exact) mass is 370 g/mol. The van der Waals surface area contributed by atoms with Gasteiger partial charge >= 0.3 is 6.03 Å². The van der Waals surface area contributed by atoms with Gasteiger partial charge in [-0.1, -0.05) is 12.1 Å². The van der Waals surface area contributed by atoms with Crippen molar-refractivity contribution in [2.45, 2.75) is 38.1 Å². The number of ether oxygens (including phenoxy) is 1. The maximum atomic E-state index is 13.1. The lowest BCUT2D eigenvalue weighted by atomic mass is 9.80. The molecule has 2 aliphatic rings. The average molecular weight is 370 g/mol. The SMILES string of the molecule is Cc1cccc(OCCCN2C(=O)NC3(CCCc4sccc43)C2=O)c1. The molecule has 1 aliphatic heterocycles. The Kier molecular flexibility index (Phi) is 4.44. The van der Waals surface area contributed by atoms with Gasteiger partial charge < -0.3 is 10.1 Å². The highest BCUT2D eigenvalue weighted by Gasteiger charge is 2.54. The van der Waals surface area contributed by atoms with E-state index in [4.69, 9.17) is 4.74 Å². The summed E-state index contributed by atoms with van der Waals surface area (Å²) in [5.74, 6) is 0.700. The van der Waals surface area contributed by atoms with Crippen molar-refractivity contribution in [2.75, 3.05) is 13.2 Å². The maximum absolute atomic E-state index is 13.1. The van der Waals surface area contributed by atoms with Crippen molar-refractivity contribution < 1.29 is 14.3 Å². The smallest absolute Gasteiger partial charge is 0.325 e. The number of aryl methyl sites for hydroxylation is 2. The standard InChI is InChI=1S/C20H22N2O3S/c1-14-5-2-6-15(13-14)25-11-4-10-22-18(23)20(21-19(22)24)9-3-7-17-16(20)8-12-26-17/h2,5-6,8,12-13H,3-4,7,9-11H2,1H3,(H,21,24). The van der Waals surface area contributed by atoms with Crippen molar-refractivity contribution in [3.63, 3.8) is 0 Å². The van der Waals surface area contributed by atoms with Crippen LogP contribution in [0.5, 0.6) is 5.75 Å². The van der Waals surface area contributed by atoms with Crippen molar-refractivity contribution in [1.82, 2.24) is 10.2 Å². The molecule has 1 aliphatic carbocycles. The lowest BCUT2D eigenvalue weighted by molar-refractivity contribution is -0.132. The fraction of sp³-hybridized carbons (Fsp3) is 0.400. The summed E-state index contributed by atoms with van der Waals surface area (Å²) in [4.78, 5) is 28.1. The van der Waals surface area contributed by atoms with Crippen molar-refractivity contribution >= 4 is 23.3 Å². The Labute approximate surface area is 157 Å². The molecule has 6 heteroatoms. The topological polar surface area (TPSA) is 58.6 Å². The number of rotatable bonds is 5. The van der Waals surface area contributed by atoms with Crippen LogP contribution in [0.15, 0.2) is 35.7 Å². The second kappa shape index (κ2) is 6.76. The average Bonchev–Trinajstić information content (AvgIpc) is 3.18. The molecule has 1 N–H and O–H groups in total. The molecule has 26 heavy (non-hydrogen) atoms. The molecule has 0 bridgehead atoms. The number of thiophene rings is 1. The highest BCUT2D eigenvalue weighted by Crippen LogP contribution is 2.42. The van der Waals surface area contributed by atoms with Gasteiger partial charge in [0.05, 0.1) is 6.61 Å². The minimum atomic E-state index is -0.845. The second-order valence-corrected chi connectivity index (χ2v) is 7.92. The summed E-state index contributed by atoms with van der Waals surface area (Å²) < 4.78 is 5.73. The largest absolute Gasteiger partial charge is 0.494 e. The quantitative estimate of drug-likeness (QED) is 0.646. The van der Waals surface area contributed by atoms with Crippen molar-refractivity contribution in [3.05, 3.63) is 51.7 Å². The summed E-state index contributed by atoms with van der Waals surface area (Å²) in [6, 6.07) is 9.56. The number of nitrogens with one attached hydrogen (secondary N) is 1. The van der Waals surface area contributed by atoms with Gasteiger partial charge in [-0.15, -0.1) is 11.3 Å². The molecule has 1 aromatic heterocycles. The van der Waals surface area contributed by atoms with Crippen LogP contribution in [-0.2, 0) is 16.8 Å². The highest BCUT2D eigenvalue weighted by atomic mass is 32.1. The van der Waals surface area contributed by atoms with Crippen LogP contribution >= 0.6 is 11.3 Å². The van der Waals surface area contributed by atoms with Crippen LogP contribution in [0.3, 0.4) is 0 Å². The summed E-state index contributed by atoms with van der Waals surface area (Å²) in [5, 5.41) is 4.99. The Hall–Kier alpha value is -2.34. The number of urea groups is 1. The van der Waals surface area contributed by atoms with Crippen LogP contribution in [0.1, 0.15) is 35.3 Å². The zero-order valence-corrected chi connectivity index (χ0v) is 15.6. The third-order valence-corrected chi connectivity index (χ3v) is 6.10. The van der Waals surface area contributed by atoms with Crippen molar-refractivity contribution in [1.29, 1.82) is 0 Å². The maximum Gasteiger partial charge on any atom is 0.325 e. The van der Waals surface area contributed by atoms with E-state index >= 15 is 0 Å². The summed E-state index contributed by atoms with van der Waals surface area (Å²) in [5.41, 5.74) is 1.29. The normalized spacial score (nSPS) is 21.8. The van der Waals surface area contributed by atoms with Gasteiger partial charge in [0.2, 0.25) is 0 Å². The fourth-order valence-corrected chi connectivity index (χ4v) is 4.86. The molecule has 2 aromatic rings. The van der Waals surface area contributed by atoms with E-state index in [9.17, 15) is 9.59 Å². The minimum Gasteiger partial charge on any atom is -0.494 e. The second-order valence-electron chi connectivity index (χ2n) is 6.92. The zero-order valence-electron chi connectivity index (χ0n) is 14.8. The molecule has 136 valence electrons. The van der Waals surface area contributed by atoms with Crippen LogP contribution in [-0.4, -0.2) is 30.0 Å². The predicted octanol–water partition coefficient (Wildman–Crippen LogP) is 3.61. The number of carbonyl (C=O) groups excluding carboxylic acids is 2. The Morgan fingerprint density at radius 3 is 3.04 bits per heavy atom. The lowest BCUT2D eigenvalue weighted by Gasteiger charge is -2.31. The predicted molar refractivity (Wildman–Crippen MR) is 100 cm³/mol. The van der Waals surface area contributed by atoms with Gasteiger partial charge in [0.25, 0.3) is 5.91 Å². The van der Waals surface area contributed by atoms with Gasteiger partial charge in [0, 0.05) is 17.0 Å². The molecule has 0 radical (unpaired) electrons. The first-order valence-electron chi connectivity index (χ1n) is 9.00. The van der Waals surface area contributed by atoms with Crippen LogP contribution in [0.4, 0.5) is 4.79 Å². The van der Waals surface area contributed by atoms with Gasteiger partial charge in [0.15, 0.2) is 0 Å². The fourth-order valence-electron chi connectivity index (χ4n) is 3.86. The summed E-state index contributed by atoms with van der Waals surface area (Å²) in [6.45, 7) is 2.86. The Balaban J connectivity index is 1.40. The van der Waals surface area contributed by atoms with E-state index < -0.39 is 5.54 Å². The molecule has 1 unspecified atom stereocenters. The Morgan fingerprint density at radius 1 is 1.31 bits per heavy atom. The van der Waals surface area contributed by atoms with Crippen LogP contribution in [0.2, 0.25) is 0 Å². The summed E-state index contributed by atoms with van der Waals surface area (Å²) in [6.07, 6.45) is 3.20. The molecule has 0 saturated carbocycles. The van der Waals surface area contributed by atoms with Gasteiger partial charge in [0.1, 0.15) is 11.3 Å². The van der Waals surface area contributed by atoms with E-state index in [2.05, 4.69) is 5.32 Å². The summed E-state index contributed by atoms with van der Waals surface area (Å²) in [7, 11) is 0. The molecule has 1 saturated heterocycles. The van der Waals surface area contributed by atoms with E-state index in [1.165, 1.54) is 9.78 Å². The number of imide groups is 1. The Morgan fingerprint density at radius 2 is 2.19 bits per heavy atom. The highest BCUT2D eigenvalue weighted by molar-refractivity contribution is 7.10. The molecule has 1 fully saturated rings. The molecule has 3 amide bonds. The number of benzene rings is 1. The molecule has 1 spiro atoms. The molecular formula is C20H22N2O3S. The van der Waals surface area contributed by atoms with Gasteiger partial charge in [-0.3, -0.25) is 9.69 Å². The first-order valence-corrected chi connectivity index (χ1v) is 9.88. The zero-order chi connectivity index (χ0) is 18.1.